The fourth-order valence-corrected chi connectivity index (χ4v) is 2.33. The predicted molar refractivity (Wildman–Crippen MR) is 66.6 cm³/mol. The molecule has 0 saturated carbocycles. The zero-order valence-corrected chi connectivity index (χ0v) is 10.5. The first-order valence-electron chi connectivity index (χ1n) is 6.15. The van der Waals surface area contributed by atoms with E-state index in [4.69, 9.17) is 4.74 Å². The van der Waals surface area contributed by atoms with E-state index >= 15 is 0 Å². The Kier molecular flexibility index (Phi) is 4.20. The van der Waals surface area contributed by atoms with E-state index in [1.807, 2.05) is 12.1 Å². The van der Waals surface area contributed by atoms with Gasteiger partial charge < -0.3 is 14.6 Å². The fourth-order valence-electron chi connectivity index (χ4n) is 2.33. The zero-order chi connectivity index (χ0) is 13.0. The number of aliphatic hydroxyl groups is 1. The highest BCUT2D eigenvalue weighted by Gasteiger charge is 2.21. The van der Waals surface area contributed by atoms with Crippen LogP contribution < -0.4 is 4.74 Å². The number of rotatable bonds is 4. The molecule has 0 fully saturated rings. The van der Waals surface area contributed by atoms with Crippen molar-refractivity contribution in [3.8, 4) is 5.75 Å². The molecule has 2 rings (SSSR count). The first-order chi connectivity index (χ1) is 8.74. The topological polar surface area (TPSA) is 55.8 Å². The van der Waals surface area contributed by atoms with Gasteiger partial charge in [-0.1, -0.05) is 12.1 Å². The molecule has 0 radical (unpaired) electrons. The summed E-state index contributed by atoms with van der Waals surface area (Å²) in [6.45, 7) is 0.170. The molecule has 98 valence electrons. The summed E-state index contributed by atoms with van der Waals surface area (Å²) in [6.07, 6.45) is 2.72. The van der Waals surface area contributed by atoms with Gasteiger partial charge in [-0.2, -0.15) is 0 Å². The van der Waals surface area contributed by atoms with Crippen LogP contribution in [0.25, 0.3) is 0 Å². The van der Waals surface area contributed by atoms with Gasteiger partial charge in [-0.3, -0.25) is 0 Å². The summed E-state index contributed by atoms with van der Waals surface area (Å²) in [4.78, 5) is 11.1. The minimum Gasteiger partial charge on any atom is -0.482 e. The lowest BCUT2D eigenvalue weighted by molar-refractivity contribution is -0.142. The molecule has 0 saturated heterocycles. The molecule has 1 unspecified atom stereocenters. The van der Waals surface area contributed by atoms with Crippen molar-refractivity contribution >= 4 is 5.97 Å². The fraction of sp³-hybridized carbons (Fsp3) is 0.500. The van der Waals surface area contributed by atoms with Crippen molar-refractivity contribution in [3.63, 3.8) is 0 Å². The molecule has 0 aliphatic heterocycles. The summed E-state index contributed by atoms with van der Waals surface area (Å²) in [7, 11) is 1.35. The van der Waals surface area contributed by atoms with Crippen LogP contribution >= 0.6 is 0 Å². The number of ether oxygens (including phenoxy) is 2. The quantitative estimate of drug-likeness (QED) is 0.819. The summed E-state index contributed by atoms with van der Waals surface area (Å²) < 4.78 is 10.0. The van der Waals surface area contributed by atoms with Crippen molar-refractivity contribution in [3.05, 3.63) is 29.3 Å². The maximum Gasteiger partial charge on any atom is 0.343 e. The number of aliphatic hydroxyl groups excluding tert-OH is 1. The Bertz CT molecular complexity index is 428. The van der Waals surface area contributed by atoms with Crippen LogP contribution in [0.1, 0.15) is 17.5 Å². The van der Waals surface area contributed by atoms with E-state index in [0.717, 1.165) is 30.6 Å². The molecule has 4 nitrogen and oxygen atoms in total. The number of esters is 1. The van der Waals surface area contributed by atoms with Crippen molar-refractivity contribution in [2.24, 2.45) is 5.92 Å². The maximum absolute atomic E-state index is 11.1. The van der Waals surface area contributed by atoms with Gasteiger partial charge in [0.05, 0.1) is 7.11 Å². The van der Waals surface area contributed by atoms with Crippen molar-refractivity contribution in [2.45, 2.75) is 19.3 Å². The molecule has 1 aromatic carbocycles. The van der Waals surface area contributed by atoms with Crippen LogP contribution in [0, 0.1) is 5.92 Å². The highest BCUT2D eigenvalue weighted by Crippen LogP contribution is 2.31. The van der Waals surface area contributed by atoms with Crippen LogP contribution in [0.15, 0.2) is 18.2 Å². The number of benzene rings is 1. The molecular weight excluding hydrogens is 232 g/mol. The molecule has 1 aliphatic rings. The molecule has 1 N–H and O–H groups in total. The van der Waals surface area contributed by atoms with Crippen LogP contribution in [0.5, 0.6) is 5.75 Å². The molecule has 1 aliphatic carbocycles. The van der Waals surface area contributed by atoms with E-state index in [2.05, 4.69) is 10.8 Å². The van der Waals surface area contributed by atoms with Crippen molar-refractivity contribution < 1.29 is 19.4 Å². The Morgan fingerprint density at radius 3 is 3.06 bits per heavy atom. The van der Waals surface area contributed by atoms with E-state index < -0.39 is 0 Å². The average Bonchev–Trinajstić information content (AvgIpc) is 2.43. The standard InChI is InChI=1S/C14H18O4/c1-17-14(16)9-18-13-4-2-3-11-7-10(8-15)5-6-12(11)13/h2-4,10,15H,5-9H2,1H3. The molecule has 0 amide bonds. The summed E-state index contributed by atoms with van der Waals surface area (Å²) >= 11 is 0. The van der Waals surface area contributed by atoms with Gasteiger partial charge in [-0.25, -0.2) is 4.79 Å². The third kappa shape index (κ3) is 2.82. The third-order valence-electron chi connectivity index (χ3n) is 3.37. The van der Waals surface area contributed by atoms with Crippen molar-refractivity contribution in [1.82, 2.24) is 0 Å². The van der Waals surface area contributed by atoms with Crippen LogP contribution in [-0.2, 0) is 22.4 Å². The molecule has 4 heteroatoms. The number of methoxy groups -OCH3 is 1. The van der Waals surface area contributed by atoms with Gasteiger partial charge in [-0.15, -0.1) is 0 Å². The lowest BCUT2D eigenvalue weighted by atomic mass is 9.84. The molecular formula is C14H18O4. The number of fused-ring (bicyclic) bond motifs is 1. The minimum absolute atomic E-state index is 0.0591. The predicted octanol–water partition coefficient (Wildman–Crippen LogP) is 1.34. The first-order valence-corrected chi connectivity index (χ1v) is 6.15. The van der Waals surface area contributed by atoms with Gasteiger partial charge in [0.2, 0.25) is 0 Å². The molecule has 18 heavy (non-hydrogen) atoms. The lowest BCUT2D eigenvalue weighted by Crippen LogP contribution is -2.19. The Balaban J connectivity index is 2.11. The van der Waals surface area contributed by atoms with E-state index in [9.17, 15) is 9.90 Å². The number of hydrogen-bond donors (Lipinski definition) is 1. The lowest BCUT2D eigenvalue weighted by Gasteiger charge is -2.24. The number of carbonyl (C=O) groups excluding carboxylic acids is 1. The largest absolute Gasteiger partial charge is 0.482 e. The van der Waals surface area contributed by atoms with Gasteiger partial charge in [0, 0.05) is 6.61 Å². The highest BCUT2D eigenvalue weighted by molar-refractivity contribution is 5.71. The monoisotopic (exact) mass is 250 g/mol. The Hall–Kier alpha value is -1.55. The second-order valence-electron chi connectivity index (χ2n) is 4.55. The van der Waals surface area contributed by atoms with E-state index in [1.165, 1.54) is 12.7 Å². The smallest absolute Gasteiger partial charge is 0.343 e. The Labute approximate surface area is 107 Å². The molecule has 0 heterocycles. The molecule has 0 aromatic heterocycles. The minimum atomic E-state index is -0.378. The molecule has 0 spiro atoms. The van der Waals surface area contributed by atoms with Crippen molar-refractivity contribution in [2.75, 3.05) is 20.3 Å². The highest BCUT2D eigenvalue weighted by atomic mass is 16.6. The second-order valence-corrected chi connectivity index (χ2v) is 4.55. The van der Waals surface area contributed by atoms with Crippen LogP contribution in [-0.4, -0.2) is 31.4 Å². The van der Waals surface area contributed by atoms with Crippen LogP contribution in [0.4, 0.5) is 0 Å². The summed E-state index contributed by atoms with van der Waals surface area (Å²) in [6, 6.07) is 5.86. The zero-order valence-electron chi connectivity index (χ0n) is 10.5. The summed E-state index contributed by atoms with van der Waals surface area (Å²) in [5.74, 6) is 0.722. The van der Waals surface area contributed by atoms with E-state index in [-0.39, 0.29) is 19.2 Å². The molecule has 0 bridgehead atoms. The second kappa shape index (κ2) is 5.87. The van der Waals surface area contributed by atoms with Gasteiger partial charge >= 0.3 is 5.97 Å². The van der Waals surface area contributed by atoms with Crippen molar-refractivity contribution in [1.29, 1.82) is 0 Å². The number of carbonyl (C=O) groups is 1. The Morgan fingerprint density at radius 2 is 2.33 bits per heavy atom. The maximum atomic E-state index is 11.1. The van der Waals surface area contributed by atoms with Crippen LogP contribution in [0.2, 0.25) is 0 Å². The first kappa shape index (κ1) is 12.9. The molecule has 1 atom stereocenters. The van der Waals surface area contributed by atoms with Crippen LogP contribution in [0.3, 0.4) is 0 Å². The SMILES string of the molecule is COC(=O)COc1cccc2c1CCC(CO)C2. The third-order valence-corrected chi connectivity index (χ3v) is 3.37. The van der Waals surface area contributed by atoms with Gasteiger partial charge in [0.25, 0.3) is 0 Å². The number of hydrogen-bond acceptors (Lipinski definition) is 4. The normalized spacial score (nSPS) is 18.0. The summed E-state index contributed by atoms with van der Waals surface area (Å²) in [5.41, 5.74) is 2.37. The molecule has 1 aromatic rings. The summed E-state index contributed by atoms with van der Waals surface area (Å²) in [5, 5.41) is 9.20. The van der Waals surface area contributed by atoms with Gasteiger partial charge in [-0.05, 0) is 42.4 Å². The van der Waals surface area contributed by atoms with E-state index in [1.54, 1.807) is 0 Å². The van der Waals surface area contributed by atoms with E-state index in [0.29, 0.717) is 5.92 Å². The Morgan fingerprint density at radius 1 is 1.50 bits per heavy atom. The van der Waals surface area contributed by atoms with Gasteiger partial charge in [0.1, 0.15) is 5.75 Å². The average molecular weight is 250 g/mol. The van der Waals surface area contributed by atoms with Gasteiger partial charge in [0.15, 0.2) is 6.61 Å².